The van der Waals surface area contributed by atoms with E-state index < -0.39 is 23.7 Å². The average Bonchev–Trinajstić information content (AvgIpc) is 3.48. The van der Waals surface area contributed by atoms with Crippen LogP contribution in [0.1, 0.15) is 25.7 Å². The maximum atomic E-state index is 12.9. The van der Waals surface area contributed by atoms with Crippen molar-refractivity contribution in [3.8, 4) is 0 Å². The van der Waals surface area contributed by atoms with Gasteiger partial charge in [0.2, 0.25) is 23.6 Å². The van der Waals surface area contributed by atoms with E-state index in [-0.39, 0.29) is 47.5 Å². The maximum Gasteiger partial charge on any atom is 0.233 e. The van der Waals surface area contributed by atoms with Gasteiger partial charge in [0.25, 0.3) is 0 Å². The Kier molecular flexibility index (Phi) is 2.21. The van der Waals surface area contributed by atoms with E-state index in [2.05, 4.69) is 0 Å². The average molecular weight is 326 g/mol. The predicted molar refractivity (Wildman–Crippen MR) is 79.8 cm³/mol. The van der Waals surface area contributed by atoms with Crippen LogP contribution in [0.15, 0.2) is 12.2 Å². The van der Waals surface area contributed by atoms with E-state index in [9.17, 15) is 19.2 Å². The maximum absolute atomic E-state index is 12.9. The van der Waals surface area contributed by atoms with Crippen molar-refractivity contribution in [2.75, 3.05) is 0 Å². The summed E-state index contributed by atoms with van der Waals surface area (Å²) in [4.78, 5) is 54.5. The molecule has 0 aromatic rings. The first-order chi connectivity index (χ1) is 11.6. The highest BCUT2D eigenvalue weighted by Gasteiger charge is 2.70. The van der Waals surface area contributed by atoms with Crippen LogP contribution in [0.3, 0.4) is 0 Å². The molecule has 0 N–H and O–H groups in total. The minimum Gasteiger partial charge on any atom is -0.279 e. The van der Waals surface area contributed by atoms with Crippen molar-refractivity contribution >= 4 is 23.6 Å². The zero-order valence-electron chi connectivity index (χ0n) is 13.1. The van der Waals surface area contributed by atoms with E-state index in [1.54, 1.807) is 0 Å². The summed E-state index contributed by atoms with van der Waals surface area (Å²) in [6, 6.07) is 0.119. The number of carbonyl (C=O) groups is 4. The summed E-state index contributed by atoms with van der Waals surface area (Å²) in [6.45, 7) is 0. The van der Waals surface area contributed by atoms with Gasteiger partial charge in [-0.3, -0.25) is 29.0 Å². The zero-order chi connectivity index (χ0) is 16.3. The lowest BCUT2D eigenvalue weighted by Gasteiger charge is -2.44. The van der Waals surface area contributed by atoms with Gasteiger partial charge in [-0.2, -0.15) is 0 Å². The number of nitrogens with zero attached hydrogens (tertiary/aromatic N) is 2. The topological polar surface area (TPSA) is 74.8 Å². The second-order valence-corrected chi connectivity index (χ2v) is 8.20. The molecule has 124 valence electrons. The Bertz CT molecular complexity index is 644. The van der Waals surface area contributed by atoms with E-state index in [0.29, 0.717) is 0 Å². The third kappa shape index (κ3) is 1.36. The Morgan fingerprint density at radius 3 is 1.12 bits per heavy atom. The summed E-state index contributed by atoms with van der Waals surface area (Å²) in [6.07, 6.45) is 7.44. The molecule has 7 aliphatic rings. The lowest BCUT2D eigenvalue weighted by molar-refractivity contribution is -0.140. The summed E-state index contributed by atoms with van der Waals surface area (Å²) in [5.41, 5.74) is 0. The van der Waals surface area contributed by atoms with E-state index in [1.807, 2.05) is 12.2 Å². The van der Waals surface area contributed by atoms with Gasteiger partial charge in [0.1, 0.15) is 0 Å². The number of imide groups is 2. The van der Waals surface area contributed by atoms with Gasteiger partial charge in [-0.1, -0.05) is 12.2 Å². The fourth-order valence-electron chi connectivity index (χ4n) is 5.66. The molecule has 2 bridgehead atoms. The van der Waals surface area contributed by atoms with Gasteiger partial charge in [0.15, 0.2) is 0 Å². The molecule has 6 nitrogen and oxygen atoms in total. The SMILES string of the molecule is O=C1[C@@H]2C3C=CC([C@H]2C(=O)N1C1CC1)[C@@H]1C(=O)N(C2CC2)C(=O)[C@@H]31. The number of carbonyl (C=O) groups excluding carboxylic acids is 4. The molecule has 0 aromatic carbocycles. The number of rotatable bonds is 2. The molecule has 4 amide bonds. The van der Waals surface area contributed by atoms with Crippen molar-refractivity contribution in [1.29, 1.82) is 0 Å². The first kappa shape index (κ1) is 13.3. The molecular formula is C18H18N2O4. The molecule has 5 fully saturated rings. The van der Waals surface area contributed by atoms with Crippen molar-refractivity contribution in [2.24, 2.45) is 35.5 Å². The first-order valence-corrected chi connectivity index (χ1v) is 9.02. The molecule has 6 atom stereocenters. The van der Waals surface area contributed by atoms with Gasteiger partial charge in [0, 0.05) is 23.9 Å². The van der Waals surface area contributed by atoms with Crippen LogP contribution >= 0.6 is 0 Å². The first-order valence-electron chi connectivity index (χ1n) is 9.02. The normalized spacial score (nSPS) is 46.2. The molecule has 3 saturated carbocycles. The van der Waals surface area contributed by atoms with Gasteiger partial charge < -0.3 is 0 Å². The molecule has 24 heavy (non-hydrogen) atoms. The number of likely N-dealkylation sites (tertiary alicyclic amines) is 2. The van der Waals surface area contributed by atoms with Gasteiger partial charge in [-0.15, -0.1) is 0 Å². The van der Waals surface area contributed by atoms with Crippen LogP contribution < -0.4 is 0 Å². The molecule has 2 saturated heterocycles. The Balaban J connectivity index is 1.44. The second-order valence-electron chi connectivity index (χ2n) is 8.20. The van der Waals surface area contributed by atoms with E-state index in [4.69, 9.17) is 0 Å². The highest BCUT2D eigenvalue weighted by atomic mass is 16.2. The highest BCUT2D eigenvalue weighted by molar-refractivity contribution is 6.11. The van der Waals surface area contributed by atoms with E-state index in [1.165, 1.54) is 9.80 Å². The van der Waals surface area contributed by atoms with Crippen molar-refractivity contribution in [2.45, 2.75) is 37.8 Å². The smallest absolute Gasteiger partial charge is 0.233 e. The molecule has 0 aromatic heterocycles. The number of hydrogen-bond acceptors (Lipinski definition) is 4. The standard InChI is InChI=1S/C18H18N2O4/c21-15-11-9-5-6-10(12(11)16(22)19(15)7-1-2-7)14-13(9)17(23)20(18(14)24)8-3-4-8/h5-14H,1-4H2/t9?,10?,11-,12-,13+,14+. The van der Waals surface area contributed by atoms with E-state index in [0.717, 1.165) is 25.7 Å². The Morgan fingerprint density at radius 1 is 0.583 bits per heavy atom. The minimum atomic E-state index is -0.426. The van der Waals surface area contributed by atoms with Crippen LogP contribution in [-0.4, -0.2) is 45.5 Å². The third-order valence-electron chi connectivity index (χ3n) is 6.90. The molecule has 7 rings (SSSR count). The van der Waals surface area contributed by atoms with Crippen molar-refractivity contribution in [3.63, 3.8) is 0 Å². The highest BCUT2D eigenvalue weighted by Crippen LogP contribution is 2.59. The molecule has 2 unspecified atom stereocenters. The van der Waals surface area contributed by atoms with Crippen LogP contribution in [0.2, 0.25) is 0 Å². The zero-order valence-corrected chi connectivity index (χ0v) is 13.1. The van der Waals surface area contributed by atoms with Crippen LogP contribution in [0, 0.1) is 35.5 Å². The van der Waals surface area contributed by atoms with Crippen LogP contribution in [-0.2, 0) is 19.2 Å². The monoisotopic (exact) mass is 326 g/mol. The number of allylic oxidation sites excluding steroid dienone is 2. The fraction of sp³-hybridized carbons (Fsp3) is 0.667. The van der Waals surface area contributed by atoms with Crippen LogP contribution in [0.25, 0.3) is 0 Å². The van der Waals surface area contributed by atoms with Crippen molar-refractivity contribution in [1.82, 2.24) is 9.80 Å². The van der Waals surface area contributed by atoms with Gasteiger partial charge in [-0.05, 0) is 25.7 Å². The molecule has 6 heteroatoms. The third-order valence-corrected chi connectivity index (χ3v) is 6.90. The van der Waals surface area contributed by atoms with E-state index >= 15 is 0 Å². The summed E-state index contributed by atoms with van der Waals surface area (Å²) < 4.78 is 0. The van der Waals surface area contributed by atoms with Crippen molar-refractivity contribution in [3.05, 3.63) is 12.2 Å². The van der Waals surface area contributed by atoms with Crippen molar-refractivity contribution < 1.29 is 19.2 Å². The van der Waals surface area contributed by atoms with Gasteiger partial charge in [-0.25, -0.2) is 0 Å². The van der Waals surface area contributed by atoms with Gasteiger partial charge in [0.05, 0.1) is 23.7 Å². The quantitative estimate of drug-likeness (QED) is 0.541. The molecule has 0 spiro atoms. The lowest BCUT2D eigenvalue weighted by Crippen LogP contribution is -2.50. The summed E-state index contributed by atoms with van der Waals surface area (Å²) in [5.74, 6) is -2.68. The Labute approximate surface area is 138 Å². The largest absolute Gasteiger partial charge is 0.279 e. The molecule has 2 heterocycles. The Morgan fingerprint density at radius 2 is 0.875 bits per heavy atom. The second kappa shape index (κ2) is 3.98. The van der Waals surface area contributed by atoms with Crippen LogP contribution in [0.4, 0.5) is 0 Å². The molecule has 0 radical (unpaired) electrons. The number of hydrogen-bond donors (Lipinski definition) is 0. The summed E-state index contributed by atoms with van der Waals surface area (Å²) >= 11 is 0. The Hall–Kier alpha value is -1.98. The van der Waals surface area contributed by atoms with Gasteiger partial charge >= 0.3 is 0 Å². The molecular weight excluding hydrogens is 308 g/mol. The summed E-state index contributed by atoms with van der Waals surface area (Å²) in [7, 11) is 0. The lowest BCUT2D eigenvalue weighted by atomic mass is 9.54. The minimum absolute atomic E-state index is 0.0595. The number of amides is 4. The molecule has 5 aliphatic carbocycles. The predicted octanol–water partition coefficient (Wildman–Crippen LogP) is 0.329. The summed E-state index contributed by atoms with van der Waals surface area (Å²) in [5, 5.41) is 0. The van der Waals surface area contributed by atoms with Crippen LogP contribution in [0.5, 0.6) is 0 Å². The molecule has 2 aliphatic heterocycles. The fourth-order valence-corrected chi connectivity index (χ4v) is 5.66.